The van der Waals surface area contributed by atoms with Crippen molar-refractivity contribution in [3.63, 3.8) is 0 Å². The summed E-state index contributed by atoms with van der Waals surface area (Å²) in [5.74, 6) is -0.487. The van der Waals surface area contributed by atoms with Gasteiger partial charge in [-0.25, -0.2) is 8.42 Å². The summed E-state index contributed by atoms with van der Waals surface area (Å²) in [5, 5.41) is 0.960. The number of benzene rings is 1. The number of nitrogens with zero attached hydrogens (tertiary/aromatic N) is 2. The molecular formula is C13H12Cl2N2O3S2. The van der Waals surface area contributed by atoms with Gasteiger partial charge >= 0.3 is 0 Å². The summed E-state index contributed by atoms with van der Waals surface area (Å²) >= 11 is 12.7. The van der Waals surface area contributed by atoms with E-state index in [0.717, 1.165) is 5.69 Å². The predicted octanol–water partition coefficient (Wildman–Crippen LogP) is 2.18. The Kier molecular flexibility index (Phi) is 4.42. The number of hydrogen-bond acceptors (Lipinski definition) is 4. The first-order chi connectivity index (χ1) is 10.4. The normalized spacial score (nSPS) is 28.1. The van der Waals surface area contributed by atoms with Crippen molar-refractivity contribution in [3.05, 3.63) is 29.3 Å². The minimum atomic E-state index is -3.07. The lowest BCUT2D eigenvalue weighted by molar-refractivity contribution is -0.115. The largest absolute Gasteiger partial charge is 0.316 e. The summed E-state index contributed by atoms with van der Waals surface area (Å²) in [4.78, 5) is 17.4. The highest BCUT2D eigenvalue weighted by atomic mass is 35.5. The van der Waals surface area contributed by atoms with E-state index >= 15 is 0 Å². The highest BCUT2D eigenvalue weighted by Gasteiger charge is 2.49. The van der Waals surface area contributed by atoms with Gasteiger partial charge in [0.15, 0.2) is 15.0 Å². The van der Waals surface area contributed by atoms with Crippen LogP contribution in [0.1, 0.15) is 0 Å². The average Bonchev–Trinajstić information content (AvgIpc) is 2.91. The number of aliphatic imine (C=N–C) groups is 1. The fraction of sp³-hybridized carbons (Fsp3) is 0.385. The topological polar surface area (TPSA) is 66.8 Å². The molecule has 5 nitrogen and oxygen atoms in total. The molecule has 0 N–H and O–H groups in total. The first kappa shape index (κ1) is 16.1. The third kappa shape index (κ3) is 3.13. The number of anilines is 1. The molecule has 1 amide bonds. The zero-order valence-electron chi connectivity index (χ0n) is 11.3. The van der Waals surface area contributed by atoms with E-state index in [1.54, 1.807) is 29.2 Å². The second-order valence-electron chi connectivity index (χ2n) is 5.07. The molecule has 2 aliphatic heterocycles. The number of fused-ring (bicyclic) bond motifs is 1. The summed E-state index contributed by atoms with van der Waals surface area (Å²) in [6, 6.07) is 6.80. The van der Waals surface area contributed by atoms with E-state index in [1.807, 2.05) is 0 Å². The van der Waals surface area contributed by atoms with Crippen molar-refractivity contribution in [2.24, 2.45) is 4.99 Å². The molecule has 2 atom stereocenters. The number of sulfone groups is 1. The maximum Gasteiger partial charge on any atom is 0.262 e. The van der Waals surface area contributed by atoms with Crippen LogP contribution in [-0.2, 0) is 14.6 Å². The molecular weight excluding hydrogens is 367 g/mol. The number of hydrogen-bond donors (Lipinski definition) is 0. The number of rotatable bonds is 2. The highest BCUT2D eigenvalue weighted by Crippen LogP contribution is 2.41. The van der Waals surface area contributed by atoms with Crippen LogP contribution in [0.25, 0.3) is 0 Å². The van der Waals surface area contributed by atoms with Crippen LogP contribution in [0, 0.1) is 0 Å². The molecule has 0 saturated carbocycles. The molecule has 1 aromatic rings. The quantitative estimate of drug-likeness (QED) is 0.737. The van der Waals surface area contributed by atoms with Crippen molar-refractivity contribution < 1.29 is 13.2 Å². The Morgan fingerprint density at radius 1 is 1.32 bits per heavy atom. The molecule has 0 aliphatic carbocycles. The second kappa shape index (κ2) is 6.03. The fourth-order valence-corrected chi connectivity index (χ4v) is 6.72. The minimum absolute atomic E-state index is 0.0569. The van der Waals surface area contributed by atoms with Crippen LogP contribution in [0.3, 0.4) is 0 Å². The summed E-state index contributed by atoms with van der Waals surface area (Å²) < 4.78 is 23.7. The van der Waals surface area contributed by atoms with Gasteiger partial charge in [0.1, 0.15) is 5.88 Å². The van der Waals surface area contributed by atoms with Crippen LogP contribution in [0.4, 0.5) is 5.69 Å². The molecule has 3 rings (SSSR count). The van der Waals surface area contributed by atoms with E-state index in [-0.39, 0.29) is 28.7 Å². The number of carbonyl (C=O) groups excluding carboxylic acids is 1. The first-order valence-corrected chi connectivity index (χ1v) is 10.1. The van der Waals surface area contributed by atoms with Crippen molar-refractivity contribution in [2.45, 2.75) is 11.3 Å². The van der Waals surface area contributed by atoms with E-state index in [4.69, 9.17) is 23.2 Å². The van der Waals surface area contributed by atoms with Gasteiger partial charge in [0, 0.05) is 16.0 Å². The molecule has 0 spiro atoms. The number of halogens is 2. The van der Waals surface area contributed by atoms with Gasteiger partial charge in [-0.15, -0.1) is 11.6 Å². The number of alkyl halides is 1. The van der Waals surface area contributed by atoms with Crippen molar-refractivity contribution >= 4 is 61.6 Å². The van der Waals surface area contributed by atoms with Gasteiger partial charge in [-0.2, -0.15) is 4.99 Å². The third-order valence-electron chi connectivity index (χ3n) is 3.51. The van der Waals surface area contributed by atoms with E-state index < -0.39 is 15.7 Å². The van der Waals surface area contributed by atoms with Crippen LogP contribution in [0.15, 0.2) is 29.3 Å². The van der Waals surface area contributed by atoms with E-state index in [2.05, 4.69) is 4.99 Å². The van der Waals surface area contributed by atoms with Gasteiger partial charge in [-0.05, 0) is 24.3 Å². The number of carbonyl (C=O) groups is 1. The average molecular weight is 379 g/mol. The Labute approximate surface area is 142 Å². The molecule has 0 bridgehead atoms. The molecule has 22 heavy (non-hydrogen) atoms. The lowest BCUT2D eigenvalue weighted by Crippen LogP contribution is -2.37. The van der Waals surface area contributed by atoms with E-state index in [0.29, 0.717) is 10.2 Å². The van der Waals surface area contributed by atoms with Crippen LogP contribution >= 0.6 is 35.0 Å². The molecule has 0 radical (unpaired) electrons. The lowest BCUT2D eigenvalue weighted by Gasteiger charge is -2.24. The smallest absolute Gasteiger partial charge is 0.262 e. The Morgan fingerprint density at radius 3 is 2.64 bits per heavy atom. The molecule has 0 aromatic heterocycles. The molecule has 2 heterocycles. The summed E-state index contributed by atoms with van der Waals surface area (Å²) in [7, 11) is -3.07. The molecule has 2 aliphatic rings. The van der Waals surface area contributed by atoms with Gasteiger partial charge in [0.25, 0.3) is 5.91 Å². The van der Waals surface area contributed by atoms with Crippen LogP contribution < -0.4 is 4.90 Å². The van der Waals surface area contributed by atoms with Gasteiger partial charge in [0.2, 0.25) is 0 Å². The molecule has 118 valence electrons. The van der Waals surface area contributed by atoms with Crippen molar-refractivity contribution in [3.8, 4) is 0 Å². The van der Waals surface area contributed by atoms with E-state index in [1.165, 1.54) is 11.8 Å². The van der Waals surface area contributed by atoms with Crippen molar-refractivity contribution in [2.75, 3.05) is 22.3 Å². The van der Waals surface area contributed by atoms with E-state index in [9.17, 15) is 13.2 Å². The monoisotopic (exact) mass is 378 g/mol. The van der Waals surface area contributed by atoms with Gasteiger partial charge in [0.05, 0.1) is 17.5 Å². The summed E-state index contributed by atoms with van der Waals surface area (Å²) in [5.41, 5.74) is 0.766. The number of thioether (sulfide) groups is 1. The Bertz CT molecular complexity index is 734. The van der Waals surface area contributed by atoms with Gasteiger partial charge < -0.3 is 4.90 Å². The maximum atomic E-state index is 11.9. The second-order valence-corrected chi connectivity index (χ2v) is 9.13. The van der Waals surface area contributed by atoms with Crippen molar-refractivity contribution in [1.29, 1.82) is 0 Å². The zero-order chi connectivity index (χ0) is 15.9. The first-order valence-electron chi connectivity index (χ1n) is 6.49. The van der Waals surface area contributed by atoms with Gasteiger partial charge in [-0.3, -0.25) is 4.79 Å². The summed E-state index contributed by atoms with van der Waals surface area (Å²) in [6.45, 7) is 0. The van der Waals surface area contributed by atoms with Crippen LogP contribution in [0.5, 0.6) is 0 Å². The van der Waals surface area contributed by atoms with Gasteiger partial charge in [-0.1, -0.05) is 23.4 Å². The molecule has 9 heteroatoms. The highest BCUT2D eigenvalue weighted by molar-refractivity contribution is 8.16. The molecule has 0 unspecified atom stereocenters. The predicted molar refractivity (Wildman–Crippen MR) is 90.9 cm³/mol. The third-order valence-corrected chi connectivity index (χ3v) is 7.20. The summed E-state index contributed by atoms with van der Waals surface area (Å²) in [6.07, 6.45) is 0. The standard InChI is InChI=1S/C13H12Cl2N2O3S2/c14-5-12(18)16-13-17(9-3-1-8(15)2-4-9)10-6-22(19,20)7-11(10)21-13/h1-4,10-11H,5-7H2/t10-,11-/m0/s1. The number of amidine groups is 1. The number of amides is 1. The molecule has 1 aromatic carbocycles. The minimum Gasteiger partial charge on any atom is -0.316 e. The SMILES string of the molecule is O=C(CCl)N=C1S[C@H]2CS(=O)(=O)C[C@@H]2N1c1ccc(Cl)cc1. The zero-order valence-corrected chi connectivity index (χ0v) is 14.4. The lowest BCUT2D eigenvalue weighted by atomic mass is 10.2. The maximum absolute atomic E-state index is 11.9. The Morgan fingerprint density at radius 2 is 2.00 bits per heavy atom. The molecule has 2 fully saturated rings. The van der Waals surface area contributed by atoms with Crippen LogP contribution in [-0.4, -0.2) is 48.2 Å². The fourth-order valence-electron chi connectivity index (χ4n) is 2.60. The Hall–Kier alpha value is -0.760. The van der Waals surface area contributed by atoms with Crippen molar-refractivity contribution in [1.82, 2.24) is 0 Å². The van der Waals surface area contributed by atoms with Crippen LogP contribution in [0.2, 0.25) is 5.02 Å². The molecule has 2 saturated heterocycles. The Balaban J connectivity index is 2.01.